The predicted molar refractivity (Wildman–Crippen MR) is 106 cm³/mol. The fraction of sp³-hybridized carbons (Fsp3) is 0.0526. The molecule has 0 bridgehead atoms. The van der Waals surface area contributed by atoms with Crippen molar-refractivity contribution in [1.29, 1.82) is 0 Å². The highest BCUT2D eigenvalue weighted by atomic mass is 79.9. The van der Waals surface area contributed by atoms with Crippen LogP contribution in [0.2, 0.25) is 0 Å². The van der Waals surface area contributed by atoms with E-state index in [-0.39, 0.29) is 16.4 Å². The molecule has 1 aliphatic heterocycles. The Balaban J connectivity index is 2.12. The molecular weight excluding hydrogens is 500 g/mol. The van der Waals surface area contributed by atoms with Crippen LogP contribution < -0.4 is 0 Å². The summed E-state index contributed by atoms with van der Waals surface area (Å²) in [4.78, 5) is 0.0818. The van der Waals surface area contributed by atoms with E-state index in [1.807, 2.05) is 0 Å². The number of hydrogen-bond donors (Lipinski definition) is 2. The van der Waals surface area contributed by atoms with E-state index < -0.39 is 15.7 Å². The summed E-state index contributed by atoms with van der Waals surface area (Å²) in [5, 5.41) is 19.7. The standard InChI is InChI=1S/C19H12Br2O5S/c20-14-9-11(5-7-16(14)22)19(12-6-8-17(23)15(21)10-12)13-3-1-2-4-18(13)27(24,25)26-19/h1-10,22-23H. The fourth-order valence-corrected chi connectivity index (χ4v) is 5.44. The zero-order chi connectivity index (χ0) is 19.4. The first kappa shape index (κ1) is 18.5. The van der Waals surface area contributed by atoms with Crippen LogP contribution in [0.4, 0.5) is 0 Å². The molecule has 138 valence electrons. The van der Waals surface area contributed by atoms with Crippen molar-refractivity contribution < 1.29 is 22.8 Å². The summed E-state index contributed by atoms with van der Waals surface area (Å²) in [5.74, 6) is 0.0462. The third-order valence-corrected chi connectivity index (χ3v) is 7.11. The molecule has 0 spiro atoms. The van der Waals surface area contributed by atoms with Crippen LogP contribution in [-0.2, 0) is 19.9 Å². The highest BCUT2D eigenvalue weighted by molar-refractivity contribution is 9.10. The number of benzene rings is 3. The SMILES string of the molecule is O=S1(=O)OC(c2ccc(O)c(Br)c2)(c2ccc(O)c(Br)c2)c2ccccc21. The maximum Gasteiger partial charge on any atom is 0.298 e. The summed E-state index contributed by atoms with van der Waals surface area (Å²) in [7, 11) is -4.01. The van der Waals surface area contributed by atoms with Crippen molar-refractivity contribution in [2.24, 2.45) is 0 Å². The molecular formula is C19H12Br2O5S. The molecule has 0 atom stereocenters. The lowest BCUT2D eigenvalue weighted by Crippen LogP contribution is -2.29. The van der Waals surface area contributed by atoms with Gasteiger partial charge in [-0.1, -0.05) is 30.3 Å². The Morgan fingerprint density at radius 1 is 0.815 bits per heavy atom. The van der Waals surface area contributed by atoms with E-state index in [0.29, 0.717) is 25.6 Å². The summed E-state index contributed by atoms with van der Waals surface area (Å²) in [6.07, 6.45) is 0. The van der Waals surface area contributed by atoms with Crippen LogP contribution >= 0.6 is 31.9 Å². The van der Waals surface area contributed by atoms with E-state index in [1.54, 1.807) is 42.5 Å². The van der Waals surface area contributed by atoms with Gasteiger partial charge in [-0.15, -0.1) is 0 Å². The molecule has 1 aliphatic rings. The van der Waals surface area contributed by atoms with E-state index >= 15 is 0 Å². The highest BCUT2D eigenvalue weighted by Crippen LogP contribution is 2.51. The van der Waals surface area contributed by atoms with Crippen molar-refractivity contribution >= 4 is 42.0 Å². The van der Waals surface area contributed by atoms with Gasteiger partial charge >= 0.3 is 0 Å². The molecule has 0 aliphatic carbocycles. The molecule has 4 rings (SSSR count). The van der Waals surface area contributed by atoms with Crippen molar-refractivity contribution in [2.45, 2.75) is 10.5 Å². The Hall–Kier alpha value is -1.87. The van der Waals surface area contributed by atoms with Gasteiger partial charge < -0.3 is 10.2 Å². The van der Waals surface area contributed by atoms with E-state index in [4.69, 9.17) is 4.18 Å². The van der Waals surface area contributed by atoms with E-state index in [2.05, 4.69) is 31.9 Å². The van der Waals surface area contributed by atoms with Crippen LogP contribution in [0.1, 0.15) is 16.7 Å². The second kappa shape index (κ2) is 6.34. The molecule has 0 amide bonds. The molecule has 27 heavy (non-hydrogen) atoms. The van der Waals surface area contributed by atoms with Crippen molar-refractivity contribution in [1.82, 2.24) is 0 Å². The monoisotopic (exact) mass is 510 g/mol. The molecule has 0 radical (unpaired) electrons. The molecule has 8 heteroatoms. The maximum absolute atomic E-state index is 12.8. The average molecular weight is 512 g/mol. The van der Waals surface area contributed by atoms with Gasteiger partial charge in [0.05, 0.1) is 8.95 Å². The molecule has 0 saturated carbocycles. The lowest BCUT2D eigenvalue weighted by Gasteiger charge is -2.30. The zero-order valence-corrected chi connectivity index (χ0v) is 17.5. The van der Waals surface area contributed by atoms with E-state index in [0.717, 1.165) is 0 Å². The number of aromatic hydroxyl groups is 2. The normalized spacial score (nSPS) is 16.8. The number of phenols is 2. The van der Waals surface area contributed by atoms with Crippen LogP contribution in [0.3, 0.4) is 0 Å². The van der Waals surface area contributed by atoms with Gasteiger partial charge in [-0.3, -0.25) is 0 Å². The smallest absolute Gasteiger partial charge is 0.298 e. The Morgan fingerprint density at radius 2 is 1.33 bits per heavy atom. The second-order valence-electron chi connectivity index (χ2n) is 6.05. The fourth-order valence-electron chi connectivity index (χ4n) is 3.26. The van der Waals surface area contributed by atoms with Crippen LogP contribution in [0, 0.1) is 0 Å². The number of phenolic OH excluding ortho intramolecular Hbond substituents is 2. The minimum Gasteiger partial charge on any atom is -0.507 e. The first-order valence-electron chi connectivity index (χ1n) is 7.79. The largest absolute Gasteiger partial charge is 0.507 e. The summed E-state index contributed by atoms with van der Waals surface area (Å²) in [5.41, 5.74) is 0.0266. The molecule has 0 unspecified atom stereocenters. The molecule has 2 N–H and O–H groups in total. The summed E-state index contributed by atoms with van der Waals surface area (Å²) in [6, 6.07) is 16.0. The molecule has 0 fully saturated rings. The quantitative estimate of drug-likeness (QED) is 0.490. The minimum atomic E-state index is -4.01. The van der Waals surface area contributed by atoms with Crippen LogP contribution in [0.5, 0.6) is 11.5 Å². The third-order valence-electron chi connectivity index (χ3n) is 4.48. The molecule has 1 heterocycles. The Morgan fingerprint density at radius 3 is 1.85 bits per heavy atom. The molecule has 5 nitrogen and oxygen atoms in total. The molecule has 0 saturated heterocycles. The van der Waals surface area contributed by atoms with Crippen LogP contribution in [-0.4, -0.2) is 18.6 Å². The Bertz CT molecular complexity index is 1120. The minimum absolute atomic E-state index is 0.0231. The first-order chi connectivity index (χ1) is 12.8. The lowest BCUT2D eigenvalue weighted by molar-refractivity contribution is 0.180. The topological polar surface area (TPSA) is 83.8 Å². The van der Waals surface area contributed by atoms with Gasteiger partial charge in [0.15, 0.2) is 5.60 Å². The van der Waals surface area contributed by atoms with Gasteiger partial charge in [0.1, 0.15) is 16.4 Å². The van der Waals surface area contributed by atoms with Crippen molar-refractivity contribution in [2.75, 3.05) is 0 Å². The van der Waals surface area contributed by atoms with Crippen molar-refractivity contribution in [3.05, 3.63) is 86.3 Å². The van der Waals surface area contributed by atoms with Gasteiger partial charge in [0, 0.05) is 5.56 Å². The van der Waals surface area contributed by atoms with Crippen molar-refractivity contribution in [3.63, 3.8) is 0 Å². The number of halogens is 2. The zero-order valence-electron chi connectivity index (χ0n) is 13.6. The Labute approximate surface area is 172 Å². The third kappa shape index (κ3) is 2.79. The summed E-state index contributed by atoms with van der Waals surface area (Å²) in [6.45, 7) is 0. The highest BCUT2D eigenvalue weighted by Gasteiger charge is 2.51. The van der Waals surface area contributed by atoms with E-state index in [9.17, 15) is 18.6 Å². The number of rotatable bonds is 2. The number of hydrogen-bond acceptors (Lipinski definition) is 5. The number of fused-ring (bicyclic) bond motifs is 1. The molecule has 3 aromatic rings. The van der Waals surface area contributed by atoms with Crippen LogP contribution in [0.25, 0.3) is 0 Å². The van der Waals surface area contributed by atoms with Gasteiger partial charge in [-0.25, -0.2) is 4.18 Å². The van der Waals surface area contributed by atoms with E-state index in [1.165, 1.54) is 18.2 Å². The van der Waals surface area contributed by atoms with Crippen molar-refractivity contribution in [3.8, 4) is 11.5 Å². The van der Waals surface area contributed by atoms with Gasteiger partial charge in [0.2, 0.25) is 0 Å². The Kier molecular flexibility index (Phi) is 4.34. The summed E-state index contributed by atoms with van der Waals surface area (Å²) < 4.78 is 32.1. The maximum atomic E-state index is 12.8. The lowest BCUT2D eigenvalue weighted by atomic mass is 9.80. The van der Waals surface area contributed by atoms with Crippen LogP contribution in [0.15, 0.2) is 74.5 Å². The van der Waals surface area contributed by atoms with Gasteiger partial charge in [-0.05, 0) is 73.3 Å². The first-order valence-corrected chi connectivity index (χ1v) is 10.8. The second-order valence-corrected chi connectivity index (χ2v) is 9.27. The molecule has 0 aromatic heterocycles. The predicted octanol–water partition coefficient (Wildman–Crippen LogP) is 4.63. The van der Waals surface area contributed by atoms with Gasteiger partial charge in [-0.2, -0.15) is 8.42 Å². The molecule has 3 aromatic carbocycles. The summed E-state index contributed by atoms with van der Waals surface area (Å²) >= 11 is 6.56. The van der Waals surface area contributed by atoms with Gasteiger partial charge in [0.25, 0.3) is 10.1 Å². The average Bonchev–Trinajstić information content (AvgIpc) is 2.89.